The van der Waals surface area contributed by atoms with E-state index in [0.717, 1.165) is 17.9 Å². The van der Waals surface area contributed by atoms with E-state index in [9.17, 15) is 9.90 Å². The van der Waals surface area contributed by atoms with Crippen molar-refractivity contribution in [3.05, 3.63) is 24.3 Å². The van der Waals surface area contributed by atoms with Gasteiger partial charge in [0.05, 0.1) is 17.0 Å². The molecule has 1 aromatic rings. The second-order valence-electron chi connectivity index (χ2n) is 5.27. The molecule has 0 aromatic heterocycles. The third-order valence-electron chi connectivity index (χ3n) is 3.93. The van der Waals surface area contributed by atoms with Crippen LogP contribution in [0.4, 0.5) is 16.2 Å². The van der Waals surface area contributed by atoms with Gasteiger partial charge in [-0.1, -0.05) is 26.0 Å². The second-order valence-corrected chi connectivity index (χ2v) is 5.27. The molecule has 0 bridgehead atoms. The van der Waals surface area contributed by atoms with E-state index < -0.39 is 5.60 Å². The van der Waals surface area contributed by atoms with Crippen LogP contribution in [0.25, 0.3) is 0 Å². The molecule has 5 nitrogen and oxygen atoms in total. The van der Waals surface area contributed by atoms with E-state index in [1.54, 1.807) is 0 Å². The van der Waals surface area contributed by atoms with E-state index in [4.69, 9.17) is 0 Å². The molecule has 21 heavy (non-hydrogen) atoms. The summed E-state index contributed by atoms with van der Waals surface area (Å²) in [5.41, 5.74) is 0.893. The Hall–Kier alpha value is -1.75. The number of para-hydroxylation sites is 2. The summed E-state index contributed by atoms with van der Waals surface area (Å²) in [5.74, 6) is 0. The lowest BCUT2D eigenvalue weighted by Crippen LogP contribution is -2.43. The van der Waals surface area contributed by atoms with E-state index in [1.165, 1.54) is 0 Å². The molecule has 118 valence electrons. The van der Waals surface area contributed by atoms with Gasteiger partial charge in [-0.3, -0.25) is 0 Å². The van der Waals surface area contributed by atoms with Gasteiger partial charge in [0.25, 0.3) is 0 Å². The largest absolute Gasteiger partial charge is 0.388 e. The predicted molar refractivity (Wildman–Crippen MR) is 87.9 cm³/mol. The molecular formula is C16H27N3O2. The number of rotatable bonds is 7. The maximum atomic E-state index is 12.0. The van der Waals surface area contributed by atoms with E-state index in [0.29, 0.717) is 12.8 Å². The molecule has 0 saturated heterocycles. The highest BCUT2D eigenvalue weighted by molar-refractivity contribution is 5.93. The van der Waals surface area contributed by atoms with Gasteiger partial charge in [-0.15, -0.1) is 0 Å². The molecule has 3 N–H and O–H groups in total. The first-order valence-corrected chi connectivity index (χ1v) is 7.53. The lowest BCUT2D eigenvalue weighted by atomic mass is 9.98. The van der Waals surface area contributed by atoms with Crippen LogP contribution in [0.2, 0.25) is 0 Å². The molecule has 0 radical (unpaired) electrons. The average Bonchev–Trinajstić information content (AvgIpc) is 2.52. The summed E-state index contributed by atoms with van der Waals surface area (Å²) in [6.45, 7) is 6.98. The summed E-state index contributed by atoms with van der Waals surface area (Å²) >= 11 is 0. The molecule has 0 aliphatic carbocycles. The number of amides is 2. The van der Waals surface area contributed by atoms with E-state index in [2.05, 4.69) is 22.5 Å². The fourth-order valence-corrected chi connectivity index (χ4v) is 1.99. The normalized spacial score (nSPS) is 11.1. The van der Waals surface area contributed by atoms with Gasteiger partial charge >= 0.3 is 6.03 Å². The van der Waals surface area contributed by atoms with Gasteiger partial charge in [0, 0.05) is 20.1 Å². The highest BCUT2D eigenvalue weighted by atomic mass is 16.3. The number of urea groups is 1. The molecule has 0 aliphatic rings. The Bertz CT molecular complexity index is 459. The Labute approximate surface area is 127 Å². The zero-order valence-corrected chi connectivity index (χ0v) is 13.4. The molecule has 5 heteroatoms. The highest BCUT2D eigenvalue weighted by Gasteiger charge is 2.22. The predicted octanol–water partition coefficient (Wildman–Crippen LogP) is 2.82. The minimum absolute atomic E-state index is 0.248. The average molecular weight is 293 g/mol. The Morgan fingerprint density at radius 1 is 1.24 bits per heavy atom. The van der Waals surface area contributed by atoms with Crippen LogP contribution in [-0.2, 0) is 0 Å². The Morgan fingerprint density at radius 3 is 2.43 bits per heavy atom. The standard InChI is InChI=1S/C16H27N3O2/c1-5-16(21,6-2)12-17-15(20)18-13-10-8-9-11-14(13)19(4)7-3/h8-11,21H,5-7,12H2,1-4H3,(H2,17,18,20). The number of anilines is 2. The smallest absolute Gasteiger partial charge is 0.319 e. The van der Waals surface area contributed by atoms with Gasteiger partial charge < -0.3 is 20.6 Å². The fourth-order valence-electron chi connectivity index (χ4n) is 1.99. The fraction of sp³-hybridized carbons (Fsp3) is 0.562. The van der Waals surface area contributed by atoms with Gasteiger partial charge in [-0.25, -0.2) is 4.79 Å². The van der Waals surface area contributed by atoms with Gasteiger partial charge in [0.15, 0.2) is 0 Å². The number of benzene rings is 1. The second kappa shape index (κ2) is 7.88. The monoisotopic (exact) mass is 293 g/mol. The molecule has 0 heterocycles. The molecular weight excluding hydrogens is 266 g/mol. The van der Waals surface area contributed by atoms with Crippen LogP contribution in [-0.4, -0.2) is 36.9 Å². The third kappa shape index (κ3) is 4.93. The van der Waals surface area contributed by atoms with Crippen LogP contribution in [0.5, 0.6) is 0 Å². The molecule has 0 fully saturated rings. The van der Waals surface area contributed by atoms with Crippen LogP contribution in [0, 0.1) is 0 Å². The Balaban J connectivity index is 2.67. The number of hydrogen-bond acceptors (Lipinski definition) is 3. The lowest BCUT2D eigenvalue weighted by Gasteiger charge is -2.26. The van der Waals surface area contributed by atoms with Crippen molar-refractivity contribution < 1.29 is 9.90 Å². The molecule has 0 aliphatic heterocycles. The van der Waals surface area contributed by atoms with Gasteiger partial charge in [0.2, 0.25) is 0 Å². The Morgan fingerprint density at radius 2 is 1.86 bits per heavy atom. The summed E-state index contributed by atoms with van der Waals surface area (Å²) in [4.78, 5) is 14.1. The number of nitrogens with zero attached hydrogens (tertiary/aromatic N) is 1. The summed E-state index contributed by atoms with van der Waals surface area (Å²) in [6.07, 6.45) is 1.22. The van der Waals surface area contributed by atoms with Crippen molar-refractivity contribution in [3.63, 3.8) is 0 Å². The summed E-state index contributed by atoms with van der Waals surface area (Å²) in [7, 11) is 1.98. The molecule has 1 rings (SSSR count). The first-order valence-electron chi connectivity index (χ1n) is 7.53. The van der Waals surface area contributed by atoms with Crippen molar-refractivity contribution in [1.29, 1.82) is 0 Å². The summed E-state index contributed by atoms with van der Waals surface area (Å²) < 4.78 is 0. The first-order chi connectivity index (χ1) is 9.95. The SMILES string of the molecule is CCN(C)c1ccccc1NC(=O)NCC(O)(CC)CC. The molecule has 1 aromatic carbocycles. The molecule has 0 unspecified atom stereocenters. The van der Waals surface area contributed by atoms with Crippen molar-refractivity contribution in [2.75, 3.05) is 30.4 Å². The van der Waals surface area contributed by atoms with Crippen LogP contribution in [0.1, 0.15) is 33.6 Å². The molecule has 0 spiro atoms. The highest BCUT2D eigenvalue weighted by Crippen LogP contribution is 2.24. The van der Waals surface area contributed by atoms with Crippen molar-refractivity contribution >= 4 is 17.4 Å². The van der Waals surface area contributed by atoms with E-state index >= 15 is 0 Å². The first kappa shape index (κ1) is 17.3. The van der Waals surface area contributed by atoms with Gasteiger partial charge in [-0.05, 0) is 31.9 Å². The van der Waals surface area contributed by atoms with Crippen LogP contribution >= 0.6 is 0 Å². The van der Waals surface area contributed by atoms with Crippen molar-refractivity contribution in [3.8, 4) is 0 Å². The van der Waals surface area contributed by atoms with E-state index in [-0.39, 0.29) is 12.6 Å². The molecule has 0 atom stereocenters. The van der Waals surface area contributed by atoms with Crippen LogP contribution < -0.4 is 15.5 Å². The van der Waals surface area contributed by atoms with Crippen LogP contribution in [0.3, 0.4) is 0 Å². The minimum Gasteiger partial charge on any atom is -0.388 e. The Kier molecular flexibility index (Phi) is 6.49. The summed E-state index contributed by atoms with van der Waals surface area (Å²) in [6, 6.07) is 7.36. The number of carbonyl (C=O) groups is 1. The third-order valence-corrected chi connectivity index (χ3v) is 3.93. The van der Waals surface area contributed by atoms with Gasteiger partial charge in [0.1, 0.15) is 0 Å². The lowest BCUT2D eigenvalue weighted by molar-refractivity contribution is 0.0354. The number of carbonyl (C=O) groups excluding carboxylic acids is 1. The topological polar surface area (TPSA) is 64.6 Å². The van der Waals surface area contributed by atoms with E-state index in [1.807, 2.05) is 45.2 Å². The van der Waals surface area contributed by atoms with Crippen LogP contribution in [0.15, 0.2) is 24.3 Å². The number of nitrogens with one attached hydrogen (secondary N) is 2. The van der Waals surface area contributed by atoms with Crippen molar-refractivity contribution in [2.45, 2.75) is 39.2 Å². The summed E-state index contributed by atoms with van der Waals surface area (Å²) in [5, 5.41) is 15.8. The number of aliphatic hydroxyl groups is 1. The van der Waals surface area contributed by atoms with Crippen molar-refractivity contribution in [1.82, 2.24) is 5.32 Å². The zero-order chi connectivity index (χ0) is 15.9. The maximum Gasteiger partial charge on any atom is 0.319 e. The van der Waals surface area contributed by atoms with Crippen molar-refractivity contribution in [2.24, 2.45) is 0 Å². The van der Waals surface area contributed by atoms with Gasteiger partial charge in [-0.2, -0.15) is 0 Å². The zero-order valence-electron chi connectivity index (χ0n) is 13.4. The maximum absolute atomic E-state index is 12.0. The number of hydrogen-bond donors (Lipinski definition) is 3. The minimum atomic E-state index is -0.836. The molecule has 2 amide bonds. The molecule has 0 saturated carbocycles. The quantitative estimate of drug-likeness (QED) is 0.724.